The van der Waals surface area contributed by atoms with Crippen LogP contribution in [0.15, 0.2) is 53.7 Å². The van der Waals surface area contributed by atoms with Crippen molar-refractivity contribution in [3.8, 4) is 5.75 Å². The zero-order chi connectivity index (χ0) is 14.9. The number of aromatic hydroxyl groups is 1. The van der Waals surface area contributed by atoms with Crippen LogP contribution in [0.4, 0.5) is 0 Å². The molecule has 0 aliphatic rings. The van der Waals surface area contributed by atoms with E-state index in [1.165, 1.54) is 0 Å². The number of hydrogen-bond acceptors (Lipinski definition) is 3. The number of phenolic OH excluding ortho intramolecular Hbond substituents is 1. The number of phenols is 1. The zero-order valence-corrected chi connectivity index (χ0v) is 12.1. The fourth-order valence-electron chi connectivity index (χ4n) is 1.84. The number of benzene rings is 1. The molecule has 1 aromatic carbocycles. The van der Waals surface area contributed by atoms with Gasteiger partial charge in [0.25, 0.3) is 0 Å². The van der Waals surface area contributed by atoms with Gasteiger partial charge in [-0.25, -0.2) is 4.99 Å². The van der Waals surface area contributed by atoms with Crippen LogP contribution in [0, 0.1) is 0 Å². The highest BCUT2D eigenvalue weighted by Crippen LogP contribution is 2.11. The van der Waals surface area contributed by atoms with Gasteiger partial charge in [-0.3, -0.25) is 4.98 Å². The molecule has 5 nitrogen and oxygen atoms in total. The molecule has 110 valence electrons. The summed E-state index contributed by atoms with van der Waals surface area (Å²) in [5.41, 5.74) is 1.92. The van der Waals surface area contributed by atoms with Gasteiger partial charge in [0.1, 0.15) is 5.75 Å². The predicted molar refractivity (Wildman–Crippen MR) is 84.0 cm³/mol. The van der Waals surface area contributed by atoms with Crippen LogP contribution in [0.2, 0.25) is 0 Å². The average molecular weight is 284 g/mol. The third-order valence-corrected chi connectivity index (χ3v) is 2.84. The van der Waals surface area contributed by atoms with E-state index < -0.39 is 0 Å². The van der Waals surface area contributed by atoms with Crippen molar-refractivity contribution in [2.75, 3.05) is 6.54 Å². The summed E-state index contributed by atoms with van der Waals surface area (Å²) < 4.78 is 0. The summed E-state index contributed by atoms with van der Waals surface area (Å²) >= 11 is 0. The molecule has 0 radical (unpaired) electrons. The molecule has 0 unspecified atom stereocenters. The molecule has 0 atom stereocenters. The highest BCUT2D eigenvalue weighted by molar-refractivity contribution is 5.79. The van der Waals surface area contributed by atoms with Crippen LogP contribution in [0.3, 0.4) is 0 Å². The quantitative estimate of drug-likeness (QED) is 0.580. The smallest absolute Gasteiger partial charge is 0.191 e. The van der Waals surface area contributed by atoms with Crippen LogP contribution < -0.4 is 10.6 Å². The molecule has 0 amide bonds. The Morgan fingerprint density at radius 1 is 1.19 bits per heavy atom. The first kappa shape index (κ1) is 14.8. The molecule has 0 aliphatic heterocycles. The molecule has 2 aromatic rings. The number of hydrogen-bond donors (Lipinski definition) is 3. The minimum Gasteiger partial charge on any atom is -0.508 e. The Morgan fingerprint density at radius 2 is 2.10 bits per heavy atom. The second kappa shape index (κ2) is 7.89. The lowest BCUT2D eigenvalue weighted by atomic mass is 10.2. The Kier molecular flexibility index (Phi) is 5.58. The van der Waals surface area contributed by atoms with Gasteiger partial charge in [-0.1, -0.05) is 18.2 Å². The van der Waals surface area contributed by atoms with E-state index in [0.29, 0.717) is 13.1 Å². The van der Waals surface area contributed by atoms with E-state index in [4.69, 9.17) is 0 Å². The maximum Gasteiger partial charge on any atom is 0.191 e. The lowest BCUT2D eigenvalue weighted by Gasteiger charge is -2.11. The number of nitrogens with zero attached hydrogens (tertiary/aromatic N) is 2. The molecule has 0 saturated heterocycles. The summed E-state index contributed by atoms with van der Waals surface area (Å²) in [5.74, 6) is 0.987. The van der Waals surface area contributed by atoms with E-state index in [1.54, 1.807) is 18.3 Å². The van der Waals surface area contributed by atoms with Gasteiger partial charge in [0.2, 0.25) is 0 Å². The second-order valence-corrected chi connectivity index (χ2v) is 4.54. The summed E-state index contributed by atoms with van der Waals surface area (Å²) in [5, 5.41) is 15.9. The normalized spacial score (nSPS) is 11.2. The molecule has 2 rings (SSSR count). The lowest BCUT2D eigenvalue weighted by molar-refractivity contribution is 0.474. The molecule has 0 bridgehead atoms. The van der Waals surface area contributed by atoms with Crippen molar-refractivity contribution >= 4 is 5.96 Å². The van der Waals surface area contributed by atoms with Crippen LogP contribution in [-0.2, 0) is 13.1 Å². The number of guanidine groups is 1. The molecule has 3 N–H and O–H groups in total. The SMILES string of the molecule is CCNC(=NCc1cccc(O)c1)NCc1ccccn1. The average Bonchev–Trinajstić information content (AvgIpc) is 2.51. The third kappa shape index (κ3) is 5.14. The van der Waals surface area contributed by atoms with Gasteiger partial charge in [-0.15, -0.1) is 0 Å². The van der Waals surface area contributed by atoms with Gasteiger partial charge in [0, 0.05) is 12.7 Å². The molecule has 5 heteroatoms. The van der Waals surface area contributed by atoms with Crippen molar-refractivity contribution < 1.29 is 5.11 Å². The molecule has 1 heterocycles. The van der Waals surface area contributed by atoms with E-state index in [0.717, 1.165) is 23.8 Å². The summed E-state index contributed by atoms with van der Waals surface area (Å²) in [4.78, 5) is 8.76. The number of rotatable bonds is 5. The number of aliphatic imine (C=N–C) groups is 1. The Labute approximate surface area is 124 Å². The molecule has 1 aromatic heterocycles. The minimum atomic E-state index is 0.258. The minimum absolute atomic E-state index is 0.258. The van der Waals surface area contributed by atoms with Crippen LogP contribution in [-0.4, -0.2) is 22.6 Å². The maximum atomic E-state index is 9.45. The zero-order valence-electron chi connectivity index (χ0n) is 12.1. The van der Waals surface area contributed by atoms with Crippen LogP contribution in [0.1, 0.15) is 18.2 Å². The van der Waals surface area contributed by atoms with Crippen molar-refractivity contribution in [1.29, 1.82) is 0 Å². The van der Waals surface area contributed by atoms with Crippen LogP contribution >= 0.6 is 0 Å². The molecule has 0 fully saturated rings. The van der Waals surface area contributed by atoms with E-state index in [2.05, 4.69) is 20.6 Å². The van der Waals surface area contributed by atoms with Gasteiger partial charge >= 0.3 is 0 Å². The predicted octanol–water partition coefficient (Wildman–Crippen LogP) is 2.04. The number of aromatic nitrogens is 1. The first-order valence-corrected chi connectivity index (χ1v) is 6.98. The first-order chi connectivity index (χ1) is 10.3. The van der Waals surface area contributed by atoms with Gasteiger partial charge in [-0.05, 0) is 36.8 Å². The lowest BCUT2D eigenvalue weighted by Crippen LogP contribution is -2.36. The molecular formula is C16H20N4O. The Bertz CT molecular complexity index is 584. The second-order valence-electron chi connectivity index (χ2n) is 4.54. The number of nitrogens with one attached hydrogen (secondary N) is 2. The molecular weight excluding hydrogens is 264 g/mol. The Morgan fingerprint density at radius 3 is 2.81 bits per heavy atom. The Balaban J connectivity index is 1.96. The van der Waals surface area contributed by atoms with Gasteiger partial charge < -0.3 is 15.7 Å². The summed E-state index contributed by atoms with van der Waals surface area (Å²) in [6, 6.07) is 12.9. The first-order valence-electron chi connectivity index (χ1n) is 6.98. The fraction of sp³-hybridized carbons (Fsp3) is 0.250. The van der Waals surface area contributed by atoms with E-state index >= 15 is 0 Å². The highest BCUT2D eigenvalue weighted by Gasteiger charge is 1.99. The van der Waals surface area contributed by atoms with Gasteiger partial charge in [0.05, 0.1) is 18.8 Å². The van der Waals surface area contributed by atoms with E-state index in [1.807, 2.05) is 37.3 Å². The summed E-state index contributed by atoms with van der Waals surface area (Å²) in [6.45, 7) is 3.93. The largest absolute Gasteiger partial charge is 0.508 e. The van der Waals surface area contributed by atoms with Crippen molar-refractivity contribution in [3.63, 3.8) is 0 Å². The molecule has 0 spiro atoms. The van der Waals surface area contributed by atoms with Crippen molar-refractivity contribution in [3.05, 3.63) is 59.9 Å². The Hall–Kier alpha value is -2.56. The number of pyridine rings is 1. The summed E-state index contributed by atoms with van der Waals surface area (Å²) in [6.07, 6.45) is 1.77. The molecule has 0 aliphatic carbocycles. The summed E-state index contributed by atoms with van der Waals surface area (Å²) in [7, 11) is 0. The van der Waals surface area contributed by atoms with Crippen molar-refractivity contribution in [1.82, 2.24) is 15.6 Å². The topological polar surface area (TPSA) is 69.5 Å². The fourth-order valence-corrected chi connectivity index (χ4v) is 1.84. The van der Waals surface area contributed by atoms with Gasteiger partial charge in [-0.2, -0.15) is 0 Å². The van der Waals surface area contributed by atoms with Gasteiger partial charge in [0.15, 0.2) is 5.96 Å². The third-order valence-electron chi connectivity index (χ3n) is 2.84. The van der Waals surface area contributed by atoms with Crippen LogP contribution in [0.5, 0.6) is 5.75 Å². The monoisotopic (exact) mass is 284 g/mol. The highest BCUT2D eigenvalue weighted by atomic mass is 16.3. The molecule has 21 heavy (non-hydrogen) atoms. The molecule has 0 saturated carbocycles. The standard InChI is InChI=1S/C16H20N4O/c1-2-17-16(20-12-14-7-3-4-9-18-14)19-11-13-6-5-8-15(21)10-13/h3-10,21H,2,11-12H2,1H3,(H2,17,19,20). The van der Waals surface area contributed by atoms with Crippen LogP contribution in [0.25, 0.3) is 0 Å². The van der Waals surface area contributed by atoms with E-state index in [9.17, 15) is 5.11 Å². The van der Waals surface area contributed by atoms with Crippen molar-refractivity contribution in [2.45, 2.75) is 20.0 Å². The van der Waals surface area contributed by atoms with E-state index in [-0.39, 0.29) is 5.75 Å². The maximum absolute atomic E-state index is 9.45. The van der Waals surface area contributed by atoms with Crippen molar-refractivity contribution in [2.24, 2.45) is 4.99 Å².